The van der Waals surface area contributed by atoms with Gasteiger partial charge in [-0.25, -0.2) is 0 Å². The van der Waals surface area contributed by atoms with Gasteiger partial charge in [-0.05, 0) is 41.5 Å². The van der Waals surface area contributed by atoms with Crippen LogP contribution < -0.4 is 16.0 Å². The van der Waals surface area contributed by atoms with Crippen LogP contribution in [0.1, 0.15) is 22.3 Å². The average molecular weight is 336 g/mol. The summed E-state index contributed by atoms with van der Waals surface area (Å²) in [6.45, 7) is 2.21. The van der Waals surface area contributed by atoms with Crippen LogP contribution in [0.25, 0.3) is 5.57 Å². The maximum atomic E-state index is 12.2. The number of nitrogens with one attached hydrogen (secondary N) is 2. The number of hydrogen-bond acceptors (Lipinski definition) is 2. The summed E-state index contributed by atoms with van der Waals surface area (Å²) >= 11 is 0. The average Bonchev–Trinajstić information content (AvgIpc) is 2.63. The van der Waals surface area contributed by atoms with Gasteiger partial charge in [-0.15, -0.1) is 0 Å². The summed E-state index contributed by atoms with van der Waals surface area (Å²) in [6, 6.07) is 17.0. The fourth-order valence-corrected chi connectivity index (χ4v) is 3.01. The molecule has 4 N–H and O–H groups in total. The largest absolute Gasteiger partial charge is 0.366 e. The number of quaternary nitrogens is 1. The van der Waals surface area contributed by atoms with E-state index in [9.17, 15) is 9.59 Å². The Hall–Kier alpha value is -2.92. The first kappa shape index (κ1) is 16.9. The van der Waals surface area contributed by atoms with Crippen molar-refractivity contribution >= 4 is 23.1 Å². The Kier molecular flexibility index (Phi) is 5.26. The molecule has 1 aliphatic heterocycles. The standard InChI is InChI=1S/C20H21N3O2/c21-20(25)17-6-8-18(9-7-17)22-19(24)14-23-12-10-16(11-13-23)15-4-2-1-3-5-15/h1-10H,11-14H2,(H2,21,25)(H,22,24)/p+1. The lowest BCUT2D eigenvalue weighted by Gasteiger charge is -2.23. The Morgan fingerprint density at radius 2 is 1.76 bits per heavy atom. The van der Waals surface area contributed by atoms with Crippen molar-refractivity contribution in [3.8, 4) is 0 Å². The molecule has 0 bridgehead atoms. The van der Waals surface area contributed by atoms with E-state index in [4.69, 9.17) is 5.73 Å². The maximum Gasteiger partial charge on any atom is 0.279 e. The lowest BCUT2D eigenvalue weighted by atomic mass is 10.00. The van der Waals surface area contributed by atoms with Crippen molar-refractivity contribution in [1.82, 2.24) is 0 Å². The molecule has 1 aliphatic rings. The second kappa shape index (κ2) is 7.77. The van der Waals surface area contributed by atoms with Crippen molar-refractivity contribution in [2.75, 3.05) is 25.0 Å². The van der Waals surface area contributed by atoms with Crippen molar-refractivity contribution in [2.45, 2.75) is 6.42 Å². The first-order valence-electron chi connectivity index (χ1n) is 8.39. The Bertz CT molecular complexity index is 782. The number of benzene rings is 2. The molecular formula is C20H22N3O2+. The summed E-state index contributed by atoms with van der Waals surface area (Å²) in [6.07, 6.45) is 3.20. The molecule has 5 heteroatoms. The van der Waals surface area contributed by atoms with Gasteiger partial charge in [0.05, 0.1) is 13.1 Å². The van der Waals surface area contributed by atoms with Gasteiger partial charge in [-0.2, -0.15) is 0 Å². The first-order valence-corrected chi connectivity index (χ1v) is 8.39. The molecule has 2 aromatic carbocycles. The van der Waals surface area contributed by atoms with Gasteiger partial charge < -0.3 is 16.0 Å². The normalized spacial score (nSPS) is 16.8. The number of hydrogen-bond donors (Lipinski definition) is 3. The molecule has 2 aromatic rings. The van der Waals surface area contributed by atoms with E-state index in [2.05, 4.69) is 23.5 Å². The number of rotatable bonds is 5. The third kappa shape index (κ3) is 4.55. The second-order valence-corrected chi connectivity index (χ2v) is 6.22. The topological polar surface area (TPSA) is 76.6 Å². The van der Waals surface area contributed by atoms with Crippen LogP contribution in [-0.4, -0.2) is 31.4 Å². The number of carbonyl (C=O) groups excluding carboxylic acids is 2. The predicted molar refractivity (Wildman–Crippen MR) is 98.2 cm³/mol. The zero-order valence-electron chi connectivity index (χ0n) is 14.0. The first-order chi connectivity index (χ1) is 12.1. The van der Waals surface area contributed by atoms with E-state index < -0.39 is 5.91 Å². The van der Waals surface area contributed by atoms with Crippen LogP contribution in [0.3, 0.4) is 0 Å². The summed E-state index contributed by atoms with van der Waals surface area (Å²) < 4.78 is 0. The number of primary amides is 1. The zero-order chi connectivity index (χ0) is 17.6. The fraction of sp³-hybridized carbons (Fsp3) is 0.200. The minimum Gasteiger partial charge on any atom is -0.366 e. The molecule has 0 radical (unpaired) electrons. The number of anilines is 1. The third-order valence-corrected chi connectivity index (χ3v) is 4.39. The van der Waals surface area contributed by atoms with E-state index in [1.165, 1.54) is 16.0 Å². The van der Waals surface area contributed by atoms with E-state index in [0.717, 1.165) is 19.5 Å². The summed E-state index contributed by atoms with van der Waals surface area (Å²) in [5.41, 5.74) is 8.93. The molecule has 1 unspecified atom stereocenters. The zero-order valence-corrected chi connectivity index (χ0v) is 14.0. The number of amides is 2. The Morgan fingerprint density at radius 1 is 1.04 bits per heavy atom. The molecule has 0 saturated heterocycles. The summed E-state index contributed by atoms with van der Waals surface area (Å²) in [5, 5.41) is 2.87. The molecule has 1 heterocycles. The van der Waals surface area contributed by atoms with Crippen molar-refractivity contribution < 1.29 is 14.5 Å². The quantitative estimate of drug-likeness (QED) is 0.765. The second-order valence-electron chi connectivity index (χ2n) is 6.22. The van der Waals surface area contributed by atoms with E-state index in [0.29, 0.717) is 17.8 Å². The Morgan fingerprint density at radius 3 is 2.36 bits per heavy atom. The Balaban J connectivity index is 1.52. The van der Waals surface area contributed by atoms with E-state index in [1.54, 1.807) is 24.3 Å². The SMILES string of the molecule is NC(=O)c1ccc(NC(=O)C[NH+]2CC=C(c3ccccc3)CC2)cc1. The molecular weight excluding hydrogens is 314 g/mol. The van der Waals surface area contributed by atoms with Gasteiger partial charge in [-0.1, -0.05) is 30.3 Å². The van der Waals surface area contributed by atoms with Crippen LogP contribution >= 0.6 is 0 Å². The van der Waals surface area contributed by atoms with Crippen LogP contribution in [0.15, 0.2) is 60.7 Å². The van der Waals surface area contributed by atoms with Gasteiger partial charge >= 0.3 is 0 Å². The van der Waals surface area contributed by atoms with Gasteiger partial charge in [0.25, 0.3) is 5.91 Å². The third-order valence-electron chi connectivity index (χ3n) is 4.39. The smallest absolute Gasteiger partial charge is 0.279 e. The van der Waals surface area contributed by atoms with Crippen molar-refractivity contribution in [3.05, 3.63) is 71.8 Å². The number of nitrogens with two attached hydrogens (primary N) is 1. The van der Waals surface area contributed by atoms with Crippen LogP contribution in [-0.2, 0) is 4.79 Å². The molecule has 5 nitrogen and oxygen atoms in total. The summed E-state index contributed by atoms with van der Waals surface area (Å²) in [4.78, 5) is 24.5. The fourth-order valence-electron chi connectivity index (χ4n) is 3.01. The molecule has 25 heavy (non-hydrogen) atoms. The minimum absolute atomic E-state index is 0.0293. The molecule has 2 amide bonds. The predicted octanol–water partition coefficient (Wildman–Crippen LogP) is 1.10. The molecule has 128 valence electrons. The van der Waals surface area contributed by atoms with Crippen molar-refractivity contribution in [2.24, 2.45) is 5.73 Å². The molecule has 0 saturated carbocycles. The van der Waals surface area contributed by atoms with Gasteiger partial charge in [0.2, 0.25) is 5.91 Å². The monoisotopic (exact) mass is 336 g/mol. The van der Waals surface area contributed by atoms with E-state index in [1.807, 2.05) is 18.2 Å². The van der Waals surface area contributed by atoms with Gasteiger partial charge in [0.15, 0.2) is 6.54 Å². The van der Waals surface area contributed by atoms with Crippen LogP contribution in [0.2, 0.25) is 0 Å². The lowest BCUT2D eigenvalue weighted by molar-refractivity contribution is -0.886. The maximum absolute atomic E-state index is 12.2. The Labute approximate surface area is 147 Å². The van der Waals surface area contributed by atoms with Crippen molar-refractivity contribution in [1.29, 1.82) is 0 Å². The molecule has 0 aliphatic carbocycles. The van der Waals surface area contributed by atoms with Crippen LogP contribution in [0.4, 0.5) is 5.69 Å². The van der Waals surface area contributed by atoms with Gasteiger partial charge in [-0.3, -0.25) is 9.59 Å². The highest BCUT2D eigenvalue weighted by molar-refractivity contribution is 5.95. The highest BCUT2D eigenvalue weighted by Crippen LogP contribution is 2.17. The van der Waals surface area contributed by atoms with Crippen molar-refractivity contribution in [3.63, 3.8) is 0 Å². The van der Waals surface area contributed by atoms with Gasteiger partial charge in [0, 0.05) is 17.7 Å². The molecule has 0 fully saturated rings. The summed E-state index contributed by atoms with van der Waals surface area (Å²) in [7, 11) is 0. The minimum atomic E-state index is -0.475. The highest BCUT2D eigenvalue weighted by atomic mass is 16.2. The highest BCUT2D eigenvalue weighted by Gasteiger charge is 2.18. The molecule has 3 rings (SSSR count). The van der Waals surface area contributed by atoms with Gasteiger partial charge in [0.1, 0.15) is 0 Å². The summed E-state index contributed by atoms with van der Waals surface area (Å²) in [5.74, 6) is -0.505. The van der Waals surface area contributed by atoms with Crippen LogP contribution in [0.5, 0.6) is 0 Å². The molecule has 0 aromatic heterocycles. The van der Waals surface area contributed by atoms with E-state index in [-0.39, 0.29) is 5.91 Å². The van der Waals surface area contributed by atoms with E-state index >= 15 is 0 Å². The van der Waals surface area contributed by atoms with Crippen LogP contribution in [0, 0.1) is 0 Å². The molecule has 0 spiro atoms. The number of carbonyl (C=O) groups is 2. The lowest BCUT2D eigenvalue weighted by Crippen LogP contribution is -3.13. The molecule has 1 atom stereocenters.